The fourth-order valence-electron chi connectivity index (χ4n) is 5.36. The topological polar surface area (TPSA) is 32.8 Å². The van der Waals surface area contributed by atoms with E-state index in [0.29, 0.717) is 21.9 Å². The number of halogens is 2. The minimum absolute atomic E-state index is 0.0581. The predicted octanol–water partition coefficient (Wildman–Crippen LogP) is 6.32. The summed E-state index contributed by atoms with van der Waals surface area (Å²) in [6.07, 6.45) is 6.77. The molecule has 0 unspecified atom stereocenters. The van der Waals surface area contributed by atoms with Crippen LogP contribution < -0.4 is 0 Å². The summed E-state index contributed by atoms with van der Waals surface area (Å²) in [5, 5.41) is 1.37. The van der Waals surface area contributed by atoms with Crippen molar-refractivity contribution in [2.75, 3.05) is 39.4 Å². The summed E-state index contributed by atoms with van der Waals surface area (Å²) in [6.45, 7) is 5.73. The van der Waals surface area contributed by atoms with E-state index in [9.17, 15) is 4.79 Å². The quantitative estimate of drug-likeness (QED) is 0.500. The number of carbonyl (C=O) groups is 1. The molecular weight excluding hydrogens is 463 g/mol. The van der Waals surface area contributed by atoms with Crippen LogP contribution in [-0.2, 0) is 4.74 Å². The van der Waals surface area contributed by atoms with Gasteiger partial charge in [0.25, 0.3) is 5.91 Å². The molecule has 1 amide bonds. The molecule has 3 fully saturated rings. The molecule has 0 spiro atoms. The molecule has 0 aliphatic carbocycles. The molecule has 5 rings (SSSR count). The number of hydrogen-bond donors (Lipinski definition) is 0. The van der Waals surface area contributed by atoms with E-state index in [-0.39, 0.29) is 5.91 Å². The smallest absolute Gasteiger partial charge is 0.265 e. The molecule has 3 aliphatic heterocycles. The van der Waals surface area contributed by atoms with Crippen molar-refractivity contribution in [3.63, 3.8) is 0 Å². The third kappa shape index (κ3) is 4.74. The highest BCUT2D eigenvalue weighted by Gasteiger charge is 2.28. The largest absolute Gasteiger partial charge is 0.381 e. The molecule has 1 aromatic heterocycles. The van der Waals surface area contributed by atoms with Crippen molar-refractivity contribution in [3.8, 4) is 10.4 Å². The van der Waals surface area contributed by atoms with Crippen LogP contribution in [0, 0.1) is 0 Å². The van der Waals surface area contributed by atoms with Gasteiger partial charge in [-0.25, -0.2) is 0 Å². The highest BCUT2D eigenvalue weighted by Crippen LogP contribution is 2.40. The van der Waals surface area contributed by atoms with Gasteiger partial charge in [-0.3, -0.25) is 4.79 Å². The van der Waals surface area contributed by atoms with Gasteiger partial charge in [0.1, 0.15) is 4.88 Å². The van der Waals surface area contributed by atoms with Crippen molar-refractivity contribution in [2.45, 2.75) is 50.5 Å². The average Bonchev–Trinajstić information content (AvgIpc) is 3.50. The predicted molar refractivity (Wildman–Crippen MR) is 132 cm³/mol. The zero-order valence-electron chi connectivity index (χ0n) is 18.3. The average molecular weight is 494 g/mol. The van der Waals surface area contributed by atoms with Gasteiger partial charge in [-0.2, -0.15) is 0 Å². The fraction of sp³-hybridized carbons (Fsp3) is 0.560. The van der Waals surface area contributed by atoms with Crippen LogP contribution in [0.5, 0.6) is 0 Å². The lowest BCUT2D eigenvalue weighted by Gasteiger charge is -2.39. The summed E-state index contributed by atoms with van der Waals surface area (Å²) >= 11 is 14.7. The fourth-order valence-corrected chi connectivity index (χ4v) is 7.08. The molecule has 0 bridgehead atoms. The molecule has 0 saturated carbocycles. The maximum Gasteiger partial charge on any atom is 0.265 e. The first kappa shape index (κ1) is 22.7. The van der Waals surface area contributed by atoms with Crippen LogP contribution in [0.3, 0.4) is 0 Å². The van der Waals surface area contributed by atoms with E-state index in [0.717, 1.165) is 93.4 Å². The van der Waals surface area contributed by atoms with Gasteiger partial charge in [-0.15, -0.1) is 11.3 Å². The number of carbonyl (C=O) groups excluding carboxylic acids is 1. The van der Waals surface area contributed by atoms with Gasteiger partial charge in [-0.05, 0) is 80.8 Å². The Hall–Kier alpha value is -1.11. The van der Waals surface area contributed by atoms with E-state index in [1.54, 1.807) is 0 Å². The van der Waals surface area contributed by atoms with Crippen molar-refractivity contribution in [2.24, 2.45) is 0 Å². The number of amides is 1. The lowest BCUT2D eigenvalue weighted by atomic mass is 9.87. The summed E-state index contributed by atoms with van der Waals surface area (Å²) in [5.74, 6) is 0.564. The van der Waals surface area contributed by atoms with E-state index in [1.165, 1.54) is 16.9 Å². The molecule has 3 saturated heterocycles. The Bertz CT molecular complexity index is 959. The second-order valence-corrected chi connectivity index (χ2v) is 11.0. The van der Waals surface area contributed by atoms with Crippen molar-refractivity contribution < 1.29 is 9.53 Å². The first-order valence-electron chi connectivity index (χ1n) is 11.8. The molecule has 3 aliphatic rings. The maximum absolute atomic E-state index is 12.8. The van der Waals surface area contributed by atoms with Crippen LogP contribution >= 0.6 is 34.5 Å². The molecule has 0 atom stereocenters. The van der Waals surface area contributed by atoms with Gasteiger partial charge in [0.15, 0.2) is 0 Å². The van der Waals surface area contributed by atoms with Crippen LogP contribution in [-0.4, -0.2) is 61.1 Å². The number of ether oxygens (including phenoxy) is 1. The number of nitrogens with zero attached hydrogens (tertiary/aromatic N) is 2. The molecule has 172 valence electrons. The number of piperidine rings is 1. The Kier molecular flexibility index (Phi) is 7.10. The number of benzene rings is 1. The van der Waals surface area contributed by atoms with E-state index in [4.69, 9.17) is 27.9 Å². The summed E-state index contributed by atoms with van der Waals surface area (Å²) in [7, 11) is 0. The summed E-state index contributed by atoms with van der Waals surface area (Å²) < 4.78 is 5.52. The molecule has 4 heterocycles. The monoisotopic (exact) mass is 492 g/mol. The summed E-state index contributed by atoms with van der Waals surface area (Å²) in [4.78, 5) is 19.0. The summed E-state index contributed by atoms with van der Waals surface area (Å²) in [5.41, 5.74) is 2.28. The molecular formula is C25H30Cl2N2O2S. The standard InChI is InChI=1S/C25H30Cl2N2O2S/c26-21-15-18(23-16-22(27)24(32-23)25(30)29-9-1-2-10-29)3-4-20(21)17-5-11-28(12-6-17)19-7-13-31-14-8-19/h3-4,15-17,19H,1-2,5-14H2. The molecule has 0 N–H and O–H groups in total. The second-order valence-electron chi connectivity index (χ2n) is 9.18. The van der Waals surface area contributed by atoms with Gasteiger partial charge in [0.2, 0.25) is 0 Å². The third-order valence-electron chi connectivity index (χ3n) is 7.24. The van der Waals surface area contributed by atoms with Crippen LogP contribution in [0.1, 0.15) is 59.7 Å². The number of likely N-dealkylation sites (tertiary alicyclic amines) is 2. The first-order chi connectivity index (χ1) is 15.6. The zero-order chi connectivity index (χ0) is 22.1. The van der Waals surface area contributed by atoms with E-state index >= 15 is 0 Å². The van der Waals surface area contributed by atoms with Crippen LogP contribution in [0.4, 0.5) is 0 Å². The third-order valence-corrected chi connectivity index (χ3v) is 9.15. The Morgan fingerprint density at radius 2 is 1.66 bits per heavy atom. The van der Waals surface area contributed by atoms with E-state index in [1.807, 2.05) is 17.0 Å². The molecule has 7 heteroatoms. The highest BCUT2D eigenvalue weighted by atomic mass is 35.5. The molecule has 32 heavy (non-hydrogen) atoms. The Morgan fingerprint density at radius 1 is 0.938 bits per heavy atom. The zero-order valence-corrected chi connectivity index (χ0v) is 20.7. The van der Waals surface area contributed by atoms with Crippen molar-refractivity contribution >= 4 is 40.4 Å². The molecule has 2 aromatic rings. The molecule has 0 radical (unpaired) electrons. The van der Waals surface area contributed by atoms with Crippen LogP contribution in [0.25, 0.3) is 10.4 Å². The highest BCUT2D eigenvalue weighted by molar-refractivity contribution is 7.18. The lowest BCUT2D eigenvalue weighted by molar-refractivity contribution is 0.0252. The second kappa shape index (κ2) is 10.0. The van der Waals surface area contributed by atoms with Crippen molar-refractivity contribution in [1.82, 2.24) is 9.80 Å². The maximum atomic E-state index is 12.8. The number of hydrogen-bond acceptors (Lipinski definition) is 4. The lowest BCUT2D eigenvalue weighted by Crippen LogP contribution is -2.43. The van der Waals surface area contributed by atoms with Gasteiger partial charge in [0.05, 0.1) is 5.02 Å². The Balaban J connectivity index is 1.27. The normalized spacial score (nSPS) is 21.4. The number of rotatable bonds is 4. The van der Waals surface area contributed by atoms with Crippen LogP contribution in [0.15, 0.2) is 24.3 Å². The first-order valence-corrected chi connectivity index (χ1v) is 13.4. The Morgan fingerprint density at radius 3 is 2.34 bits per heavy atom. The minimum Gasteiger partial charge on any atom is -0.381 e. The molecule has 4 nitrogen and oxygen atoms in total. The SMILES string of the molecule is O=C(c1sc(-c2ccc(C3CCN(C4CCOCC4)CC3)c(Cl)c2)cc1Cl)N1CCCC1. The van der Waals surface area contributed by atoms with Gasteiger partial charge >= 0.3 is 0 Å². The van der Waals surface area contributed by atoms with Crippen molar-refractivity contribution in [1.29, 1.82) is 0 Å². The summed E-state index contributed by atoms with van der Waals surface area (Å²) in [6, 6.07) is 8.96. The van der Waals surface area contributed by atoms with E-state index in [2.05, 4.69) is 17.0 Å². The minimum atomic E-state index is 0.0581. The number of thiophene rings is 1. The van der Waals surface area contributed by atoms with Gasteiger partial charge < -0.3 is 14.5 Å². The van der Waals surface area contributed by atoms with Crippen molar-refractivity contribution in [3.05, 3.63) is 44.8 Å². The van der Waals surface area contributed by atoms with Gasteiger partial charge in [0, 0.05) is 42.2 Å². The molecule has 1 aromatic carbocycles. The Labute approximate surface area is 204 Å². The van der Waals surface area contributed by atoms with Crippen LogP contribution in [0.2, 0.25) is 10.0 Å². The van der Waals surface area contributed by atoms with Gasteiger partial charge in [-0.1, -0.05) is 35.3 Å². The van der Waals surface area contributed by atoms with E-state index < -0.39 is 0 Å².